The highest BCUT2D eigenvalue weighted by atomic mass is 35.5. The van der Waals surface area contributed by atoms with Gasteiger partial charge in [-0.2, -0.15) is 0 Å². The number of nitrogens with zero attached hydrogens (tertiary/aromatic N) is 3. The van der Waals surface area contributed by atoms with Crippen molar-refractivity contribution in [3.8, 4) is 17.1 Å². The molecule has 5 nitrogen and oxygen atoms in total. The van der Waals surface area contributed by atoms with E-state index in [1.54, 1.807) is 12.1 Å². The van der Waals surface area contributed by atoms with E-state index in [0.717, 1.165) is 37.1 Å². The number of hydrogen-bond donors (Lipinski definition) is 1. The van der Waals surface area contributed by atoms with Gasteiger partial charge in [-0.15, -0.1) is 0 Å². The maximum Gasteiger partial charge on any atom is 0.272 e. The van der Waals surface area contributed by atoms with E-state index in [0.29, 0.717) is 38.7 Å². The lowest BCUT2D eigenvalue weighted by molar-refractivity contribution is 0.0921. The van der Waals surface area contributed by atoms with E-state index >= 15 is 0 Å². The van der Waals surface area contributed by atoms with E-state index in [1.165, 1.54) is 6.42 Å². The maximum absolute atomic E-state index is 13.5. The topological polar surface area (TPSA) is 50.2 Å². The molecule has 174 valence electrons. The maximum atomic E-state index is 13.5. The molecule has 1 fully saturated rings. The Labute approximate surface area is 209 Å². The summed E-state index contributed by atoms with van der Waals surface area (Å²) in [7, 11) is 3.94. The van der Waals surface area contributed by atoms with E-state index in [1.807, 2.05) is 53.9 Å². The number of rotatable bonds is 6. The third kappa shape index (κ3) is 5.55. The van der Waals surface area contributed by atoms with Crippen molar-refractivity contribution in [2.24, 2.45) is 0 Å². The summed E-state index contributed by atoms with van der Waals surface area (Å²) in [5.74, 6) is 0.433. The molecule has 1 saturated carbocycles. The molecule has 3 aromatic rings. The quantitative estimate of drug-likeness (QED) is 0.409. The van der Waals surface area contributed by atoms with Crippen LogP contribution in [0.4, 0.5) is 0 Å². The zero-order valence-corrected chi connectivity index (χ0v) is 21.0. The standard InChI is InChI=1S/C25H27Cl3N4O/c1-31(2)15-22-23(25(33)29-18-6-4-3-5-7-18)30-24(20-13-10-17(27)14-21(20)28)32(22)19-11-8-16(26)9-12-19/h8-14,18H,3-7,15H2,1-2H3,(H,29,33). The van der Waals surface area contributed by atoms with E-state index in [-0.39, 0.29) is 11.9 Å². The van der Waals surface area contributed by atoms with Gasteiger partial charge in [0.1, 0.15) is 5.82 Å². The molecule has 0 bridgehead atoms. The monoisotopic (exact) mass is 504 g/mol. The Hall–Kier alpha value is -2.05. The lowest BCUT2D eigenvalue weighted by Crippen LogP contribution is -2.37. The summed E-state index contributed by atoms with van der Waals surface area (Å²) in [6, 6.07) is 13.0. The van der Waals surface area contributed by atoms with Crippen LogP contribution in [0.2, 0.25) is 15.1 Å². The van der Waals surface area contributed by atoms with Gasteiger partial charge in [-0.3, -0.25) is 9.36 Å². The Balaban J connectivity index is 1.88. The molecule has 1 heterocycles. The summed E-state index contributed by atoms with van der Waals surface area (Å²) in [5, 5.41) is 4.86. The van der Waals surface area contributed by atoms with Crippen molar-refractivity contribution in [3.05, 3.63) is 68.9 Å². The zero-order chi connectivity index (χ0) is 23.5. The first-order chi connectivity index (χ1) is 15.8. The van der Waals surface area contributed by atoms with Gasteiger partial charge in [-0.1, -0.05) is 54.1 Å². The van der Waals surface area contributed by atoms with Crippen molar-refractivity contribution in [3.63, 3.8) is 0 Å². The number of imidazole rings is 1. The summed E-state index contributed by atoms with van der Waals surface area (Å²) < 4.78 is 1.99. The van der Waals surface area contributed by atoms with E-state index in [4.69, 9.17) is 39.8 Å². The second-order valence-electron chi connectivity index (χ2n) is 8.71. The third-order valence-electron chi connectivity index (χ3n) is 5.85. The Morgan fingerprint density at radius 1 is 1.03 bits per heavy atom. The van der Waals surface area contributed by atoms with Gasteiger partial charge in [0.05, 0.1) is 10.7 Å². The summed E-state index contributed by atoms with van der Waals surface area (Å²) in [5.41, 5.74) is 2.75. The summed E-state index contributed by atoms with van der Waals surface area (Å²) in [4.78, 5) is 20.3. The van der Waals surface area contributed by atoms with Gasteiger partial charge in [0.25, 0.3) is 5.91 Å². The number of carbonyl (C=O) groups is 1. The first kappa shape index (κ1) is 24.1. The Morgan fingerprint density at radius 3 is 2.33 bits per heavy atom. The smallest absolute Gasteiger partial charge is 0.272 e. The molecule has 0 radical (unpaired) electrons. The van der Waals surface area contributed by atoms with Crippen molar-refractivity contribution >= 4 is 40.7 Å². The average Bonchev–Trinajstić information content (AvgIpc) is 3.13. The molecule has 4 rings (SSSR count). The van der Waals surface area contributed by atoms with Gasteiger partial charge >= 0.3 is 0 Å². The highest BCUT2D eigenvalue weighted by Gasteiger charge is 2.27. The minimum Gasteiger partial charge on any atom is -0.348 e. The van der Waals surface area contributed by atoms with Gasteiger partial charge < -0.3 is 10.2 Å². The van der Waals surface area contributed by atoms with E-state index in [9.17, 15) is 4.79 Å². The fourth-order valence-electron chi connectivity index (χ4n) is 4.30. The molecule has 1 aliphatic carbocycles. The highest BCUT2D eigenvalue weighted by molar-refractivity contribution is 6.36. The molecule has 1 aliphatic rings. The number of halogens is 3. The second kappa shape index (κ2) is 10.5. The van der Waals surface area contributed by atoms with E-state index < -0.39 is 0 Å². The van der Waals surface area contributed by atoms with Crippen LogP contribution >= 0.6 is 34.8 Å². The van der Waals surface area contributed by atoms with Crippen LogP contribution < -0.4 is 5.32 Å². The lowest BCUT2D eigenvalue weighted by Gasteiger charge is -2.23. The molecule has 0 aliphatic heterocycles. The first-order valence-corrected chi connectivity index (χ1v) is 12.3. The number of aromatic nitrogens is 2. The van der Waals surface area contributed by atoms with Gasteiger partial charge in [0.15, 0.2) is 5.69 Å². The molecule has 0 atom stereocenters. The average molecular weight is 506 g/mol. The molecule has 2 aromatic carbocycles. The predicted molar refractivity (Wildman–Crippen MR) is 136 cm³/mol. The van der Waals surface area contributed by atoms with Gasteiger partial charge in [-0.05, 0) is 69.4 Å². The van der Waals surface area contributed by atoms with Crippen LogP contribution in [-0.2, 0) is 6.54 Å². The van der Waals surface area contributed by atoms with Crippen molar-refractivity contribution in [1.82, 2.24) is 19.8 Å². The minimum absolute atomic E-state index is 0.155. The minimum atomic E-state index is -0.155. The van der Waals surface area contributed by atoms with E-state index in [2.05, 4.69) is 5.32 Å². The van der Waals surface area contributed by atoms with Crippen LogP contribution in [0.3, 0.4) is 0 Å². The SMILES string of the molecule is CN(C)Cc1c(C(=O)NC2CCCCC2)nc(-c2ccc(Cl)cc2Cl)n1-c1ccc(Cl)cc1. The van der Waals surface area contributed by atoms with Crippen LogP contribution in [0.1, 0.15) is 48.3 Å². The zero-order valence-electron chi connectivity index (χ0n) is 18.7. The fourth-order valence-corrected chi connectivity index (χ4v) is 4.92. The molecule has 33 heavy (non-hydrogen) atoms. The molecular weight excluding hydrogens is 479 g/mol. The Morgan fingerprint density at radius 2 is 1.70 bits per heavy atom. The fraction of sp³-hybridized carbons (Fsp3) is 0.360. The summed E-state index contributed by atoms with van der Waals surface area (Å²) in [6.45, 7) is 0.522. The summed E-state index contributed by atoms with van der Waals surface area (Å²) in [6.07, 6.45) is 5.51. The second-order valence-corrected chi connectivity index (χ2v) is 9.99. The molecule has 1 aromatic heterocycles. The molecular formula is C25H27Cl3N4O. The van der Waals surface area contributed by atoms with Crippen LogP contribution in [0, 0.1) is 0 Å². The summed E-state index contributed by atoms with van der Waals surface area (Å²) >= 11 is 18.9. The van der Waals surface area contributed by atoms with Gasteiger partial charge in [-0.25, -0.2) is 4.98 Å². The van der Waals surface area contributed by atoms with Crippen LogP contribution in [0.5, 0.6) is 0 Å². The number of carbonyl (C=O) groups excluding carboxylic acids is 1. The molecule has 8 heteroatoms. The molecule has 0 spiro atoms. The number of amides is 1. The molecule has 0 saturated heterocycles. The van der Waals surface area contributed by atoms with Crippen molar-refractivity contribution < 1.29 is 4.79 Å². The highest BCUT2D eigenvalue weighted by Crippen LogP contribution is 2.34. The van der Waals surface area contributed by atoms with Crippen molar-refractivity contribution in [2.45, 2.75) is 44.7 Å². The Kier molecular flexibility index (Phi) is 7.65. The Bertz CT molecular complexity index is 1140. The van der Waals surface area contributed by atoms with Crippen LogP contribution in [-0.4, -0.2) is 40.5 Å². The molecule has 1 N–H and O–H groups in total. The van der Waals surface area contributed by atoms with Crippen LogP contribution in [0.25, 0.3) is 17.1 Å². The normalized spacial score (nSPS) is 14.6. The van der Waals surface area contributed by atoms with Gasteiger partial charge in [0.2, 0.25) is 0 Å². The number of hydrogen-bond acceptors (Lipinski definition) is 3. The lowest BCUT2D eigenvalue weighted by atomic mass is 9.95. The number of nitrogens with one attached hydrogen (secondary N) is 1. The molecule has 0 unspecified atom stereocenters. The first-order valence-electron chi connectivity index (χ1n) is 11.1. The van der Waals surface area contributed by atoms with Crippen LogP contribution in [0.15, 0.2) is 42.5 Å². The largest absolute Gasteiger partial charge is 0.348 e. The van der Waals surface area contributed by atoms with Crippen molar-refractivity contribution in [1.29, 1.82) is 0 Å². The number of benzene rings is 2. The van der Waals surface area contributed by atoms with Gasteiger partial charge in [0, 0.05) is 33.9 Å². The van der Waals surface area contributed by atoms with Crippen molar-refractivity contribution in [2.75, 3.05) is 14.1 Å². The molecule has 1 amide bonds. The third-order valence-corrected chi connectivity index (χ3v) is 6.65. The predicted octanol–water partition coefficient (Wildman–Crippen LogP) is 6.62.